The molecule has 1 heterocycles. The molecule has 5 heteroatoms. The van der Waals surface area contributed by atoms with Crippen LogP contribution in [-0.4, -0.2) is 46.0 Å². The molecule has 1 aromatic rings. The summed E-state index contributed by atoms with van der Waals surface area (Å²) in [5.74, 6) is 0. The summed E-state index contributed by atoms with van der Waals surface area (Å²) in [5.41, 5.74) is 7.25. The number of aliphatic hydroxyl groups excluding tert-OH is 1. The Morgan fingerprint density at radius 1 is 1.67 bits per heavy atom. The Morgan fingerprint density at radius 3 is 2.80 bits per heavy atom. The van der Waals surface area contributed by atoms with Crippen molar-refractivity contribution >= 4 is 5.69 Å². The second-order valence-electron chi connectivity index (χ2n) is 3.88. The van der Waals surface area contributed by atoms with E-state index < -0.39 is 6.10 Å². The molecule has 86 valence electrons. The van der Waals surface area contributed by atoms with E-state index in [0.29, 0.717) is 18.8 Å². The third kappa shape index (κ3) is 3.21. The van der Waals surface area contributed by atoms with E-state index in [-0.39, 0.29) is 0 Å². The van der Waals surface area contributed by atoms with Crippen LogP contribution in [-0.2, 0) is 6.54 Å². The lowest BCUT2D eigenvalue weighted by molar-refractivity contribution is 0.108. The molecule has 1 unspecified atom stereocenters. The van der Waals surface area contributed by atoms with E-state index in [1.165, 1.54) is 0 Å². The monoisotopic (exact) mass is 212 g/mol. The summed E-state index contributed by atoms with van der Waals surface area (Å²) in [5, 5.41) is 13.9. The molecule has 0 amide bonds. The fourth-order valence-electron chi connectivity index (χ4n) is 1.39. The fraction of sp³-hybridized carbons (Fsp3) is 0.700. The normalized spacial score (nSPS) is 13.4. The number of likely N-dealkylation sites (N-methyl/N-ethyl adjacent to an activating group) is 1. The third-order valence-electron chi connectivity index (χ3n) is 2.59. The number of anilines is 1. The lowest BCUT2D eigenvalue weighted by atomic mass is 10.3. The highest BCUT2D eigenvalue weighted by atomic mass is 16.3. The molecule has 0 aliphatic rings. The lowest BCUT2D eigenvalue weighted by Crippen LogP contribution is -2.32. The van der Waals surface area contributed by atoms with Crippen LogP contribution in [0, 0.1) is 6.92 Å². The number of nitrogens with two attached hydrogens (primary N) is 1. The maximum Gasteiger partial charge on any atom is 0.0862 e. The fourth-order valence-corrected chi connectivity index (χ4v) is 1.39. The summed E-state index contributed by atoms with van der Waals surface area (Å²) in [7, 11) is 1.98. The Morgan fingerprint density at radius 2 is 2.33 bits per heavy atom. The first-order chi connectivity index (χ1) is 7.04. The molecule has 5 nitrogen and oxygen atoms in total. The van der Waals surface area contributed by atoms with Gasteiger partial charge in [-0.2, -0.15) is 5.10 Å². The molecule has 1 rings (SSSR count). The van der Waals surface area contributed by atoms with E-state index in [9.17, 15) is 5.11 Å². The summed E-state index contributed by atoms with van der Waals surface area (Å²) < 4.78 is 1.74. The van der Waals surface area contributed by atoms with Crippen LogP contribution in [0.5, 0.6) is 0 Å². The maximum atomic E-state index is 9.79. The summed E-state index contributed by atoms with van der Waals surface area (Å²) in [4.78, 5) is 2.06. The number of nitrogen functional groups attached to an aromatic ring is 1. The number of aliphatic hydroxyl groups is 1. The van der Waals surface area contributed by atoms with Crippen molar-refractivity contribution in [2.75, 3.05) is 25.9 Å². The Balaban J connectivity index is 2.51. The van der Waals surface area contributed by atoms with Crippen LogP contribution in [0.25, 0.3) is 0 Å². The van der Waals surface area contributed by atoms with Crippen molar-refractivity contribution in [2.45, 2.75) is 26.5 Å². The van der Waals surface area contributed by atoms with Crippen molar-refractivity contribution in [3.8, 4) is 0 Å². The summed E-state index contributed by atoms with van der Waals surface area (Å²) in [6.07, 6.45) is 1.21. The number of hydrogen-bond acceptors (Lipinski definition) is 4. The van der Waals surface area contributed by atoms with E-state index in [1.54, 1.807) is 10.9 Å². The number of nitrogens with zero attached hydrogens (tertiary/aromatic N) is 3. The van der Waals surface area contributed by atoms with Crippen LogP contribution in [0.1, 0.15) is 12.6 Å². The van der Waals surface area contributed by atoms with E-state index in [1.807, 2.05) is 14.0 Å². The third-order valence-corrected chi connectivity index (χ3v) is 2.59. The average Bonchev–Trinajstić information content (AvgIpc) is 2.49. The minimum atomic E-state index is -0.409. The van der Waals surface area contributed by atoms with Gasteiger partial charge in [0, 0.05) is 6.54 Å². The predicted octanol–water partition coefficient (Wildman–Crippen LogP) is 0.0863. The molecule has 0 spiro atoms. The quantitative estimate of drug-likeness (QED) is 0.725. The first kappa shape index (κ1) is 12.0. The number of hydrogen-bond donors (Lipinski definition) is 2. The second kappa shape index (κ2) is 5.14. The van der Waals surface area contributed by atoms with Gasteiger partial charge in [0.25, 0.3) is 0 Å². The second-order valence-corrected chi connectivity index (χ2v) is 3.88. The molecule has 0 bridgehead atoms. The van der Waals surface area contributed by atoms with Gasteiger partial charge in [0.05, 0.1) is 30.2 Å². The average molecular weight is 212 g/mol. The number of aromatic nitrogens is 2. The van der Waals surface area contributed by atoms with Crippen LogP contribution in [0.15, 0.2) is 6.20 Å². The molecular weight excluding hydrogens is 192 g/mol. The molecule has 1 atom stereocenters. The van der Waals surface area contributed by atoms with Gasteiger partial charge in [-0.05, 0) is 20.5 Å². The van der Waals surface area contributed by atoms with Gasteiger partial charge in [-0.3, -0.25) is 4.68 Å². The van der Waals surface area contributed by atoms with Crippen molar-refractivity contribution in [1.82, 2.24) is 14.7 Å². The van der Waals surface area contributed by atoms with Crippen molar-refractivity contribution in [3.05, 3.63) is 11.9 Å². The van der Waals surface area contributed by atoms with Crippen molar-refractivity contribution < 1.29 is 5.11 Å². The zero-order valence-corrected chi connectivity index (χ0v) is 9.64. The molecular formula is C10H20N4O. The van der Waals surface area contributed by atoms with Gasteiger partial charge in [-0.1, -0.05) is 6.92 Å². The van der Waals surface area contributed by atoms with Gasteiger partial charge >= 0.3 is 0 Å². The van der Waals surface area contributed by atoms with Crippen LogP contribution in [0.3, 0.4) is 0 Å². The van der Waals surface area contributed by atoms with Gasteiger partial charge in [0.1, 0.15) is 0 Å². The molecule has 0 saturated carbocycles. The minimum Gasteiger partial charge on any atom is -0.396 e. The smallest absolute Gasteiger partial charge is 0.0862 e. The molecule has 0 aromatic carbocycles. The predicted molar refractivity (Wildman–Crippen MR) is 60.6 cm³/mol. The number of rotatable bonds is 5. The van der Waals surface area contributed by atoms with Gasteiger partial charge in [0.2, 0.25) is 0 Å². The molecule has 0 aliphatic heterocycles. The van der Waals surface area contributed by atoms with Gasteiger partial charge in [-0.25, -0.2) is 0 Å². The van der Waals surface area contributed by atoms with Crippen LogP contribution in [0.2, 0.25) is 0 Å². The van der Waals surface area contributed by atoms with Crippen molar-refractivity contribution in [2.24, 2.45) is 0 Å². The van der Waals surface area contributed by atoms with E-state index in [0.717, 1.165) is 12.2 Å². The summed E-state index contributed by atoms with van der Waals surface area (Å²) in [6, 6.07) is 0. The topological polar surface area (TPSA) is 67.3 Å². The molecule has 0 aliphatic carbocycles. The summed E-state index contributed by atoms with van der Waals surface area (Å²) >= 11 is 0. The highest BCUT2D eigenvalue weighted by Crippen LogP contribution is 2.08. The van der Waals surface area contributed by atoms with E-state index in [2.05, 4.69) is 16.9 Å². The SMILES string of the molecule is CCN(C)CC(O)Cn1ncc(N)c1C. The van der Waals surface area contributed by atoms with Crippen molar-refractivity contribution in [1.29, 1.82) is 0 Å². The van der Waals surface area contributed by atoms with Gasteiger partial charge < -0.3 is 15.7 Å². The molecule has 15 heavy (non-hydrogen) atoms. The summed E-state index contributed by atoms with van der Waals surface area (Å²) in [6.45, 7) is 6.03. The Hall–Kier alpha value is -1.07. The maximum absolute atomic E-state index is 9.79. The van der Waals surface area contributed by atoms with Crippen LogP contribution in [0.4, 0.5) is 5.69 Å². The van der Waals surface area contributed by atoms with Crippen molar-refractivity contribution in [3.63, 3.8) is 0 Å². The lowest BCUT2D eigenvalue weighted by Gasteiger charge is -2.19. The zero-order chi connectivity index (χ0) is 11.4. The highest BCUT2D eigenvalue weighted by Gasteiger charge is 2.10. The first-order valence-electron chi connectivity index (χ1n) is 5.19. The molecule has 1 aromatic heterocycles. The van der Waals surface area contributed by atoms with Crippen LogP contribution < -0.4 is 5.73 Å². The minimum absolute atomic E-state index is 0.409. The van der Waals surface area contributed by atoms with E-state index in [4.69, 9.17) is 5.73 Å². The van der Waals surface area contributed by atoms with Gasteiger partial charge in [0.15, 0.2) is 0 Å². The molecule has 0 saturated heterocycles. The highest BCUT2D eigenvalue weighted by molar-refractivity contribution is 5.39. The zero-order valence-electron chi connectivity index (χ0n) is 9.64. The molecule has 0 fully saturated rings. The van der Waals surface area contributed by atoms with E-state index >= 15 is 0 Å². The largest absolute Gasteiger partial charge is 0.396 e. The first-order valence-corrected chi connectivity index (χ1v) is 5.19. The Bertz CT molecular complexity index is 310. The Labute approximate surface area is 90.5 Å². The molecule has 0 radical (unpaired) electrons. The Kier molecular flexibility index (Phi) is 4.11. The van der Waals surface area contributed by atoms with Crippen LogP contribution >= 0.6 is 0 Å². The standard InChI is InChI=1S/C10H20N4O/c1-4-13(3)6-9(15)7-14-8(2)10(11)5-12-14/h5,9,15H,4,6-7,11H2,1-3H3. The molecule has 3 N–H and O–H groups in total. The van der Waals surface area contributed by atoms with Gasteiger partial charge in [-0.15, -0.1) is 0 Å².